The summed E-state index contributed by atoms with van der Waals surface area (Å²) in [6, 6.07) is 15.8. The maximum absolute atomic E-state index is 14.0. The lowest BCUT2D eigenvalue weighted by molar-refractivity contribution is -0.138. The van der Waals surface area contributed by atoms with Gasteiger partial charge in [-0.3, -0.25) is 9.69 Å². The molecule has 0 spiro atoms. The molecule has 1 aromatic heterocycles. The zero-order valence-electron chi connectivity index (χ0n) is 27.9. The van der Waals surface area contributed by atoms with Gasteiger partial charge < -0.3 is 35.2 Å². The number of fused-ring (bicyclic) bond motifs is 2. The number of benzene rings is 2. The number of amides is 4. The fourth-order valence-corrected chi connectivity index (χ4v) is 7.82. The van der Waals surface area contributed by atoms with Crippen molar-refractivity contribution in [1.29, 1.82) is 0 Å². The fourth-order valence-electron chi connectivity index (χ4n) is 7.82. The number of piperazine rings is 1. The predicted molar refractivity (Wildman–Crippen MR) is 185 cm³/mol. The number of aromatic nitrogens is 1. The molecular weight excluding hydrogens is 608 g/mol. The summed E-state index contributed by atoms with van der Waals surface area (Å²) in [5, 5.41) is 8.72. The average Bonchev–Trinajstić information content (AvgIpc) is 3.50. The molecule has 7 rings (SSSR count). The Bertz CT molecular complexity index is 1590. The van der Waals surface area contributed by atoms with Gasteiger partial charge >= 0.3 is 12.1 Å². The van der Waals surface area contributed by atoms with Crippen molar-refractivity contribution in [2.24, 2.45) is 0 Å². The number of nitrogens with zero attached hydrogens (tertiary/aromatic N) is 5. The van der Waals surface area contributed by atoms with Gasteiger partial charge in [-0.1, -0.05) is 24.3 Å². The molecule has 12 heteroatoms. The van der Waals surface area contributed by atoms with Crippen molar-refractivity contribution in [2.45, 2.75) is 56.7 Å². The van der Waals surface area contributed by atoms with E-state index in [1.54, 1.807) is 5.06 Å². The van der Waals surface area contributed by atoms with Crippen molar-refractivity contribution >= 4 is 34.6 Å². The number of aromatic amines is 1. The van der Waals surface area contributed by atoms with E-state index in [9.17, 15) is 14.4 Å². The number of nitrogens with one attached hydrogen (secondary N) is 3. The van der Waals surface area contributed by atoms with Gasteiger partial charge in [-0.15, -0.1) is 5.06 Å². The number of carbonyl (C=O) groups excluding carboxylic acids is 3. The minimum atomic E-state index is -0.747. The van der Waals surface area contributed by atoms with E-state index in [1.807, 2.05) is 52.4 Å². The first-order chi connectivity index (χ1) is 23.4. The van der Waals surface area contributed by atoms with E-state index in [0.717, 1.165) is 60.3 Å². The molecule has 4 aliphatic heterocycles. The molecule has 12 nitrogen and oxygen atoms in total. The molecule has 4 amide bonds. The van der Waals surface area contributed by atoms with E-state index >= 15 is 0 Å². The highest BCUT2D eigenvalue weighted by Crippen LogP contribution is 2.25. The smallest absolute Gasteiger partial charge is 0.361 e. The fraction of sp³-hybridized carbons (Fsp3) is 0.528. The molecule has 3 aromatic rings. The molecule has 256 valence electrons. The van der Waals surface area contributed by atoms with Gasteiger partial charge in [-0.05, 0) is 93.0 Å². The third-order valence-corrected chi connectivity index (χ3v) is 10.7. The van der Waals surface area contributed by atoms with Gasteiger partial charge in [-0.2, -0.15) is 0 Å². The van der Waals surface area contributed by atoms with Crippen LogP contribution in [0.2, 0.25) is 0 Å². The van der Waals surface area contributed by atoms with Crippen LogP contribution in [0.1, 0.15) is 36.8 Å². The first-order valence-corrected chi connectivity index (χ1v) is 17.6. The van der Waals surface area contributed by atoms with Gasteiger partial charge in [-0.25, -0.2) is 9.59 Å². The van der Waals surface area contributed by atoms with Gasteiger partial charge in [0.2, 0.25) is 5.91 Å². The molecule has 2 aromatic carbocycles. The Hall–Kier alpha value is -4.13. The summed E-state index contributed by atoms with van der Waals surface area (Å²) in [5.41, 5.74) is 4.02. The van der Waals surface area contributed by atoms with Crippen LogP contribution >= 0.6 is 0 Å². The van der Waals surface area contributed by atoms with Gasteiger partial charge in [0.25, 0.3) is 0 Å². The lowest BCUT2D eigenvalue weighted by Gasteiger charge is -2.42. The standard InChI is InChI=1S/C36H48N8O4/c1-40-15-10-29(11-16-40)41-20-22-42(23-21-41)34(45)33(25-26-6-7-31-28(24-26)8-14-37-31)39-36(47)48-43-17-12-30(13-18-43)44-19-9-27-4-2-3-5-32(27)38-35(44)46/h2-8,14,24,29-30,33,37H,9-13,15-23,25H2,1H3,(H,38,46)(H,39,47). The maximum Gasteiger partial charge on any atom is 0.426 e. The zero-order valence-corrected chi connectivity index (χ0v) is 27.9. The second kappa shape index (κ2) is 14.6. The largest absolute Gasteiger partial charge is 0.426 e. The molecule has 3 fully saturated rings. The highest BCUT2D eigenvalue weighted by atomic mass is 16.7. The molecule has 0 radical (unpaired) electrons. The summed E-state index contributed by atoms with van der Waals surface area (Å²) in [7, 11) is 2.18. The summed E-state index contributed by atoms with van der Waals surface area (Å²) < 4.78 is 0. The van der Waals surface area contributed by atoms with Crippen LogP contribution in [0, 0.1) is 0 Å². The van der Waals surface area contributed by atoms with E-state index < -0.39 is 12.1 Å². The lowest BCUT2D eigenvalue weighted by Crippen LogP contribution is -2.58. The summed E-state index contributed by atoms with van der Waals surface area (Å²) in [4.78, 5) is 58.1. The van der Waals surface area contributed by atoms with E-state index in [-0.39, 0.29) is 18.0 Å². The number of hydroxylamine groups is 2. The summed E-state index contributed by atoms with van der Waals surface area (Å²) in [6.07, 6.45) is 6.17. The Balaban J connectivity index is 0.950. The number of urea groups is 1. The molecule has 3 N–H and O–H groups in total. The van der Waals surface area contributed by atoms with Crippen LogP contribution in [-0.4, -0.2) is 132 Å². The number of piperidine rings is 2. The summed E-state index contributed by atoms with van der Waals surface area (Å²) in [5.74, 6) is -0.0731. The molecule has 0 bridgehead atoms. The first kappa shape index (κ1) is 32.4. The molecule has 5 heterocycles. The Morgan fingerprint density at radius 3 is 2.44 bits per heavy atom. The van der Waals surface area contributed by atoms with Crippen molar-refractivity contribution in [3.8, 4) is 0 Å². The molecule has 48 heavy (non-hydrogen) atoms. The van der Waals surface area contributed by atoms with Crippen molar-refractivity contribution in [2.75, 3.05) is 71.3 Å². The topological polar surface area (TPSA) is 116 Å². The van der Waals surface area contributed by atoms with Crippen LogP contribution in [0.15, 0.2) is 54.7 Å². The zero-order chi connectivity index (χ0) is 33.0. The van der Waals surface area contributed by atoms with Crippen molar-refractivity contribution < 1.29 is 19.2 Å². The minimum Gasteiger partial charge on any atom is -0.361 e. The Kier molecular flexibility index (Phi) is 9.83. The Morgan fingerprint density at radius 1 is 0.896 bits per heavy atom. The van der Waals surface area contributed by atoms with Gasteiger partial charge in [0.15, 0.2) is 0 Å². The van der Waals surface area contributed by atoms with Crippen LogP contribution in [0.4, 0.5) is 15.3 Å². The van der Waals surface area contributed by atoms with Crippen LogP contribution in [0.3, 0.4) is 0 Å². The van der Waals surface area contributed by atoms with Crippen molar-refractivity contribution in [1.82, 2.24) is 35.0 Å². The number of likely N-dealkylation sites (tertiary alicyclic amines) is 1. The van der Waals surface area contributed by atoms with Crippen molar-refractivity contribution in [3.05, 3.63) is 65.9 Å². The number of rotatable bonds is 7. The average molecular weight is 657 g/mol. The number of H-pyrrole nitrogens is 1. The number of anilines is 1. The highest BCUT2D eigenvalue weighted by Gasteiger charge is 2.34. The van der Waals surface area contributed by atoms with Crippen LogP contribution in [0.25, 0.3) is 10.9 Å². The number of hydrogen-bond donors (Lipinski definition) is 3. The predicted octanol–water partition coefficient (Wildman–Crippen LogP) is 3.51. The molecule has 1 atom stereocenters. The molecule has 3 saturated heterocycles. The van der Waals surface area contributed by atoms with E-state index in [0.29, 0.717) is 58.0 Å². The van der Waals surface area contributed by atoms with Crippen LogP contribution in [-0.2, 0) is 22.5 Å². The maximum atomic E-state index is 14.0. The monoisotopic (exact) mass is 656 g/mol. The second-order valence-corrected chi connectivity index (χ2v) is 13.8. The van der Waals surface area contributed by atoms with E-state index in [1.165, 1.54) is 12.8 Å². The Morgan fingerprint density at radius 2 is 1.65 bits per heavy atom. The van der Waals surface area contributed by atoms with Gasteiger partial charge in [0.1, 0.15) is 6.04 Å². The summed E-state index contributed by atoms with van der Waals surface area (Å²) in [6.45, 7) is 6.90. The quantitative estimate of drug-likeness (QED) is 0.357. The van der Waals surface area contributed by atoms with Crippen LogP contribution in [0.5, 0.6) is 0 Å². The highest BCUT2D eigenvalue weighted by molar-refractivity contribution is 5.91. The second-order valence-electron chi connectivity index (χ2n) is 13.8. The lowest BCUT2D eigenvalue weighted by atomic mass is 10.0. The van der Waals surface area contributed by atoms with E-state index in [2.05, 4.69) is 44.6 Å². The van der Waals surface area contributed by atoms with Gasteiger partial charge in [0.05, 0.1) is 0 Å². The Labute approximate surface area is 282 Å². The third kappa shape index (κ3) is 7.45. The number of hydrogen-bond acceptors (Lipinski definition) is 7. The SMILES string of the molecule is CN1CCC(N2CCN(C(=O)C(Cc3ccc4[nH]ccc4c3)NC(=O)ON3CCC(N4CCc5ccccc5NC4=O)CC3)CC2)CC1. The molecule has 4 aliphatic rings. The molecule has 0 aliphatic carbocycles. The minimum absolute atomic E-state index is 0.0630. The molecule has 1 unspecified atom stereocenters. The van der Waals surface area contributed by atoms with E-state index in [4.69, 9.17) is 4.84 Å². The molecular formula is C36H48N8O4. The van der Waals surface area contributed by atoms with Crippen LogP contribution < -0.4 is 10.6 Å². The molecule has 0 saturated carbocycles. The summed E-state index contributed by atoms with van der Waals surface area (Å²) >= 11 is 0. The van der Waals surface area contributed by atoms with Gasteiger partial charge in [0, 0.05) is 81.7 Å². The van der Waals surface area contributed by atoms with Crippen molar-refractivity contribution in [3.63, 3.8) is 0 Å². The number of carbonyl (C=O) groups is 3. The first-order valence-electron chi connectivity index (χ1n) is 17.6. The third-order valence-electron chi connectivity index (χ3n) is 10.7. The normalized spacial score (nSPS) is 21.4. The number of para-hydroxylation sites is 1.